The zero-order valence-electron chi connectivity index (χ0n) is 43.1. The first-order chi connectivity index (χ1) is 37.0. The fourth-order valence-corrected chi connectivity index (χ4v) is 8.45. The molecule has 0 atom stereocenters. The predicted molar refractivity (Wildman–Crippen MR) is 310 cm³/mol. The highest BCUT2D eigenvalue weighted by atomic mass is 32.2. The topological polar surface area (TPSA) is 308 Å². The number of thioether (sulfide) groups is 1. The molecule has 0 radical (unpaired) electrons. The maximum Gasteiger partial charge on any atom is 0.336 e. The quantitative estimate of drug-likeness (QED) is 0.0169. The van der Waals surface area contributed by atoms with E-state index < -0.39 is 11.9 Å². The van der Waals surface area contributed by atoms with Crippen molar-refractivity contribution in [2.75, 3.05) is 78.0 Å². The summed E-state index contributed by atoms with van der Waals surface area (Å²) in [6.45, 7) is 6.96. The number of carboxylic acid groups (broad SMARTS) is 2. The van der Waals surface area contributed by atoms with E-state index in [1.165, 1.54) is 60.7 Å². The molecule has 2 aliphatic heterocycles. The Morgan fingerprint density at radius 2 is 1.08 bits per heavy atom. The number of nitrogens with two attached hydrogens (primary N) is 3. The van der Waals surface area contributed by atoms with E-state index in [-0.39, 0.29) is 39.2 Å². The number of anilines is 1. The number of hydrogen-bond donors (Lipinski definition) is 9. The molecule has 0 spiro atoms. The summed E-state index contributed by atoms with van der Waals surface area (Å²) in [5.41, 5.74) is 20.7. The van der Waals surface area contributed by atoms with Gasteiger partial charge in [-0.05, 0) is 200 Å². The fraction of sp³-hybridized carbons (Fsp3) is 0.263. The second-order valence-electron chi connectivity index (χ2n) is 17.6. The van der Waals surface area contributed by atoms with Crippen molar-refractivity contribution in [1.82, 2.24) is 15.1 Å². The van der Waals surface area contributed by atoms with Crippen LogP contribution in [-0.2, 0) is 0 Å². The zero-order chi connectivity index (χ0) is 56.0. The number of thiocarbonyl (C=S) groups is 1. The van der Waals surface area contributed by atoms with Crippen LogP contribution in [0.25, 0.3) is 66.8 Å². The lowest BCUT2D eigenvalue weighted by atomic mass is 9.90. The number of phenolic OH excluding ortho intramolecular Hbond substituents is 2. The third-order valence-corrected chi connectivity index (χ3v) is 12.3. The van der Waals surface area contributed by atoms with Gasteiger partial charge in [0.15, 0.2) is 16.0 Å². The number of nitriles is 1. The SMILES string of the molecule is CN(CCCN)CCCN.CN(CCCN)CCCNC(=S)Nc1ccc(C(=O)O)c(-c2c3ccc(=O)cc-3oc3cc(O)ccc23)c1.CSC#N.O=C(O)c1ccccc1-c1c2ccc(=O)cc-2oc2cc(O)ccc12. The molecule has 0 bridgehead atoms. The molecule has 4 aromatic rings. The summed E-state index contributed by atoms with van der Waals surface area (Å²) in [6, 6.07) is 29.5. The largest absolute Gasteiger partial charge is 0.508 e. The molecule has 0 saturated carbocycles. The molecule has 8 rings (SSSR count). The van der Waals surface area contributed by atoms with Crippen molar-refractivity contribution in [3.8, 4) is 61.8 Å². The lowest BCUT2D eigenvalue weighted by molar-refractivity contribution is 0.0687. The second kappa shape index (κ2) is 30.0. The van der Waals surface area contributed by atoms with Gasteiger partial charge >= 0.3 is 11.9 Å². The molecule has 404 valence electrons. The van der Waals surface area contributed by atoms with Crippen molar-refractivity contribution in [3.63, 3.8) is 0 Å². The van der Waals surface area contributed by atoms with Gasteiger partial charge in [0.2, 0.25) is 0 Å². The highest BCUT2D eigenvalue weighted by Crippen LogP contribution is 2.44. The monoisotopic (exact) mass is 1080 g/mol. The maximum atomic E-state index is 12.2. The lowest BCUT2D eigenvalue weighted by Crippen LogP contribution is -2.32. The summed E-state index contributed by atoms with van der Waals surface area (Å²) < 4.78 is 11.7. The molecule has 77 heavy (non-hydrogen) atoms. The molecule has 0 aromatic heterocycles. The Kier molecular flexibility index (Phi) is 23.4. The van der Waals surface area contributed by atoms with Crippen molar-refractivity contribution in [2.45, 2.75) is 25.7 Å². The van der Waals surface area contributed by atoms with E-state index in [1.54, 1.807) is 60.9 Å². The number of carboxylic acids is 2. The lowest BCUT2D eigenvalue weighted by Gasteiger charge is -2.19. The summed E-state index contributed by atoms with van der Waals surface area (Å²) in [7, 11) is 4.16. The number of thiocyanates is 1. The van der Waals surface area contributed by atoms with Crippen LogP contribution in [0.3, 0.4) is 0 Å². The number of rotatable bonds is 18. The molecule has 18 nitrogen and oxygen atoms in total. The first kappa shape index (κ1) is 60.0. The number of fused-ring (bicyclic) bond motifs is 4. The van der Waals surface area contributed by atoms with Gasteiger partial charge in [-0.25, -0.2) is 9.59 Å². The van der Waals surface area contributed by atoms with Gasteiger partial charge in [-0.2, -0.15) is 5.26 Å². The molecule has 4 aliphatic rings. The fourth-order valence-electron chi connectivity index (χ4n) is 8.24. The van der Waals surface area contributed by atoms with Gasteiger partial charge in [-0.3, -0.25) is 9.59 Å². The number of hydrogen-bond acceptors (Lipinski definition) is 16. The van der Waals surface area contributed by atoms with E-state index in [9.17, 15) is 39.6 Å². The summed E-state index contributed by atoms with van der Waals surface area (Å²) >= 11 is 6.63. The van der Waals surface area contributed by atoms with E-state index in [2.05, 4.69) is 34.5 Å². The van der Waals surface area contributed by atoms with Gasteiger partial charge < -0.3 is 66.9 Å². The molecule has 0 amide bonds. The third-order valence-electron chi connectivity index (χ3n) is 11.9. The molecular formula is C57H64N8O10S2. The van der Waals surface area contributed by atoms with Crippen LogP contribution in [0, 0.1) is 10.7 Å². The standard InChI is InChI=1S/C28H30N4O5S.C20H12O5.C7H19N3.C2H3NS/c1-32(12-2-10-29)13-3-11-30-28(38)31-17-4-7-20(27(35)36)23(14-17)26-21-8-5-18(33)15-24(21)37-25-16-19(34)6-9-22(25)26;21-11-5-7-15-17(9-11)25-18-10-12(22)6-8-16(18)19(15)13-3-1-2-4-14(13)20(23)24;1-10(6-2-4-8)7-3-5-9;1-4-2-3/h4-9,14-16,33H,2-3,10-13,29H2,1H3,(H,35,36)(H2,30,31,38);1-10,21H,(H,23,24);2-9H2,1H3;1H3. The Morgan fingerprint density at radius 3 is 1.55 bits per heavy atom. The maximum absolute atomic E-state index is 12.2. The average Bonchev–Trinajstić information content (AvgIpc) is 3.44. The number of nitrogens with zero attached hydrogens (tertiary/aromatic N) is 3. The number of benzene rings is 6. The number of carbonyl (C=O) groups is 2. The van der Waals surface area contributed by atoms with Crippen molar-refractivity contribution in [2.24, 2.45) is 17.2 Å². The predicted octanol–water partition coefficient (Wildman–Crippen LogP) is 8.34. The number of phenols is 2. The molecule has 2 aliphatic carbocycles. The smallest absolute Gasteiger partial charge is 0.336 e. The number of aromatic hydroxyl groups is 2. The van der Waals surface area contributed by atoms with Crippen LogP contribution in [0.1, 0.15) is 46.4 Å². The molecule has 20 heteroatoms. The summed E-state index contributed by atoms with van der Waals surface area (Å²) in [5, 5.41) is 56.7. The van der Waals surface area contributed by atoms with Crippen LogP contribution in [0.2, 0.25) is 0 Å². The van der Waals surface area contributed by atoms with Crippen LogP contribution in [0.5, 0.6) is 11.5 Å². The minimum Gasteiger partial charge on any atom is -0.508 e. The van der Waals surface area contributed by atoms with E-state index in [0.717, 1.165) is 76.7 Å². The average molecular weight is 1090 g/mol. The molecule has 4 aromatic carbocycles. The zero-order valence-corrected chi connectivity index (χ0v) is 44.7. The molecule has 12 N–H and O–H groups in total. The Labute approximate surface area is 455 Å². The van der Waals surface area contributed by atoms with Gasteiger partial charge in [-0.15, -0.1) is 0 Å². The highest BCUT2D eigenvalue weighted by Gasteiger charge is 2.24. The Bertz CT molecular complexity index is 3370. The minimum absolute atomic E-state index is 0.0132. The molecule has 2 heterocycles. The van der Waals surface area contributed by atoms with Gasteiger partial charge in [-0.1, -0.05) is 18.2 Å². The van der Waals surface area contributed by atoms with Crippen molar-refractivity contribution in [1.29, 1.82) is 5.26 Å². The Balaban J connectivity index is 0.000000238. The molecule has 0 fully saturated rings. The van der Waals surface area contributed by atoms with Crippen molar-refractivity contribution in [3.05, 3.63) is 147 Å². The van der Waals surface area contributed by atoms with E-state index in [4.69, 9.17) is 43.5 Å². The third kappa shape index (κ3) is 17.1. The van der Waals surface area contributed by atoms with Crippen LogP contribution in [0.4, 0.5) is 5.69 Å². The normalized spacial score (nSPS) is 10.8. The van der Waals surface area contributed by atoms with E-state index in [1.807, 2.05) is 5.40 Å². The van der Waals surface area contributed by atoms with E-state index >= 15 is 0 Å². The van der Waals surface area contributed by atoms with Crippen LogP contribution >= 0.6 is 24.0 Å². The molecular weight excluding hydrogens is 1020 g/mol. The summed E-state index contributed by atoms with van der Waals surface area (Å²) in [5.74, 6) is -1.52. The minimum atomic E-state index is -1.10. The van der Waals surface area contributed by atoms with Gasteiger partial charge in [0.1, 0.15) is 39.6 Å². The molecule has 0 saturated heterocycles. The van der Waals surface area contributed by atoms with Gasteiger partial charge in [0.25, 0.3) is 0 Å². The van der Waals surface area contributed by atoms with Crippen molar-refractivity contribution >= 4 is 68.7 Å². The van der Waals surface area contributed by atoms with Crippen LogP contribution in [0.15, 0.2) is 134 Å². The van der Waals surface area contributed by atoms with Crippen molar-refractivity contribution < 1.29 is 38.8 Å². The summed E-state index contributed by atoms with van der Waals surface area (Å²) in [4.78, 5) is 52.1. The second-order valence-corrected chi connectivity index (χ2v) is 18.6. The van der Waals surface area contributed by atoms with Crippen LogP contribution < -0.4 is 38.7 Å². The van der Waals surface area contributed by atoms with Gasteiger partial charge in [0.05, 0.1) is 11.1 Å². The Hall–Kier alpha value is -7.87. The van der Waals surface area contributed by atoms with Crippen LogP contribution in [-0.4, -0.2) is 120 Å². The molecule has 0 unspecified atom stereocenters. The van der Waals surface area contributed by atoms with Gasteiger partial charge in [0, 0.05) is 69.5 Å². The first-order valence-corrected chi connectivity index (χ1v) is 26.2. The number of nitrogens with one attached hydrogen (secondary N) is 2. The van der Waals surface area contributed by atoms with E-state index in [0.29, 0.717) is 85.0 Å². The first-order valence-electron chi connectivity index (χ1n) is 24.6. The highest BCUT2D eigenvalue weighted by molar-refractivity contribution is 8.03. The number of aromatic carboxylic acids is 2. The summed E-state index contributed by atoms with van der Waals surface area (Å²) in [6.07, 6.45) is 5.76. The Morgan fingerprint density at radius 1 is 0.623 bits per heavy atom.